The molecular weight excluding hydrogens is 278 g/mol. The molecule has 6 heteroatoms. The average molecular weight is 300 g/mol. The van der Waals surface area contributed by atoms with Gasteiger partial charge in [-0.25, -0.2) is 8.78 Å². The summed E-state index contributed by atoms with van der Waals surface area (Å²) in [5.41, 5.74) is 3.64. The van der Waals surface area contributed by atoms with Gasteiger partial charge in [0.2, 0.25) is 5.91 Å². The Morgan fingerprint density at radius 1 is 1.24 bits per heavy atom. The van der Waals surface area contributed by atoms with Gasteiger partial charge >= 0.3 is 0 Å². The van der Waals surface area contributed by atoms with Gasteiger partial charge in [-0.3, -0.25) is 15.6 Å². The van der Waals surface area contributed by atoms with Crippen LogP contribution in [-0.2, 0) is 4.79 Å². The lowest BCUT2D eigenvalue weighted by molar-refractivity contribution is -0.126. The number of hydrazine groups is 1. The van der Waals surface area contributed by atoms with Gasteiger partial charge in [0.15, 0.2) is 5.82 Å². The van der Waals surface area contributed by atoms with Crippen molar-refractivity contribution >= 4 is 11.6 Å². The van der Waals surface area contributed by atoms with Crippen LogP contribution in [0.25, 0.3) is 0 Å². The second kappa shape index (κ2) is 7.93. The van der Waals surface area contributed by atoms with E-state index in [2.05, 4.69) is 10.9 Å². The molecule has 0 atom stereocenters. The van der Waals surface area contributed by atoms with Gasteiger partial charge in [-0.15, -0.1) is 0 Å². The van der Waals surface area contributed by atoms with E-state index in [0.29, 0.717) is 12.8 Å². The Balaban J connectivity index is 2.56. The highest BCUT2D eigenvalue weighted by molar-refractivity contribution is 5.78. The fourth-order valence-corrected chi connectivity index (χ4v) is 2.30. The van der Waals surface area contributed by atoms with Gasteiger partial charge in [-0.1, -0.05) is 26.7 Å². The van der Waals surface area contributed by atoms with Crippen LogP contribution in [0.1, 0.15) is 46.0 Å². The number of rotatable bonds is 8. The third kappa shape index (κ3) is 5.67. The number of hydrogen-bond acceptors (Lipinski definition) is 3. The molecule has 0 aliphatic rings. The lowest BCUT2D eigenvalue weighted by Crippen LogP contribution is -2.39. The second-order valence-corrected chi connectivity index (χ2v) is 5.20. The Morgan fingerprint density at radius 3 is 2.38 bits per heavy atom. The van der Waals surface area contributed by atoms with Crippen molar-refractivity contribution in [1.82, 2.24) is 5.43 Å². The predicted molar refractivity (Wildman–Crippen MR) is 77.5 cm³/mol. The summed E-state index contributed by atoms with van der Waals surface area (Å²) in [6, 6.07) is 3.00. The summed E-state index contributed by atoms with van der Waals surface area (Å²) in [5, 5.41) is 10.4. The molecular formula is C15H22F2N2O2. The molecule has 0 aromatic heterocycles. The molecule has 0 spiro atoms. The van der Waals surface area contributed by atoms with Crippen molar-refractivity contribution in [2.75, 3.05) is 5.43 Å². The van der Waals surface area contributed by atoms with Crippen molar-refractivity contribution in [3.8, 4) is 0 Å². The number of amides is 1. The van der Waals surface area contributed by atoms with E-state index in [4.69, 9.17) is 0 Å². The van der Waals surface area contributed by atoms with Gasteiger partial charge < -0.3 is 5.11 Å². The maximum atomic E-state index is 13.4. The van der Waals surface area contributed by atoms with Crippen molar-refractivity contribution < 1.29 is 18.7 Å². The van der Waals surface area contributed by atoms with Gasteiger partial charge in [0, 0.05) is 6.07 Å². The van der Waals surface area contributed by atoms with Gasteiger partial charge in [-0.05, 0) is 25.0 Å². The van der Waals surface area contributed by atoms with E-state index < -0.39 is 23.1 Å². The molecule has 0 saturated carbocycles. The first-order valence-corrected chi connectivity index (χ1v) is 7.12. The van der Waals surface area contributed by atoms with Crippen LogP contribution in [0.2, 0.25) is 0 Å². The van der Waals surface area contributed by atoms with Crippen molar-refractivity contribution in [3.05, 3.63) is 29.8 Å². The van der Waals surface area contributed by atoms with Crippen LogP contribution < -0.4 is 10.9 Å². The molecule has 4 nitrogen and oxygen atoms in total. The number of aliphatic hydroxyl groups is 1. The summed E-state index contributed by atoms with van der Waals surface area (Å²) in [4.78, 5) is 11.8. The molecule has 0 saturated heterocycles. The van der Waals surface area contributed by atoms with E-state index in [9.17, 15) is 18.7 Å². The van der Waals surface area contributed by atoms with Crippen LogP contribution >= 0.6 is 0 Å². The highest BCUT2D eigenvalue weighted by Gasteiger charge is 2.28. The zero-order chi connectivity index (χ0) is 15.9. The van der Waals surface area contributed by atoms with Crippen molar-refractivity contribution in [2.45, 2.75) is 51.6 Å². The first-order valence-electron chi connectivity index (χ1n) is 7.12. The summed E-state index contributed by atoms with van der Waals surface area (Å²) in [5.74, 6) is -1.93. The van der Waals surface area contributed by atoms with Crippen LogP contribution in [0.3, 0.4) is 0 Å². The lowest BCUT2D eigenvalue weighted by Gasteiger charge is -2.26. The average Bonchev–Trinajstić information content (AvgIpc) is 2.37. The molecule has 0 heterocycles. The van der Waals surface area contributed by atoms with Crippen molar-refractivity contribution in [3.63, 3.8) is 0 Å². The monoisotopic (exact) mass is 300 g/mol. The highest BCUT2D eigenvalue weighted by Crippen LogP contribution is 2.23. The summed E-state index contributed by atoms with van der Waals surface area (Å²) in [7, 11) is 0. The fraction of sp³-hybridized carbons (Fsp3) is 0.533. The van der Waals surface area contributed by atoms with Gasteiger partial charge in [0.05, 0.1) is 17.7 Å². The zero-order valence-electron chi connectivity index (χ0n) is 12.4. The highest BCUT2D eigenvalue weighted by atomic mass is 19.1. The number of carbonyl (C=O) groups excluding carboxylic acids is 1. The second-order valence-electron chi connectivity index (χ2n) is 5.20. The minimum Gasteiger partial charge on any atom is -0.389 e. The van der Waals surface area contributed by atoms with Gasteiger partial charge in [0.1, 0.15) is 5.82 Å². The Kier molecular flexibility index (Phi) is 6.55. The summed E-state index contributed by atoms with van der Waals surface area (Å²) in [6.45, 7) is 3.87. The van der Waals surface area contributed by atoms with Gasteiger partial charge in [0.25, 0.3) is 0 Å². The molecule has 1 amide bonds. The first kappa shape index (κ1) is 17.4. The Hall–Kier alpha value is -1.69. The van der Waals surface area contributed by atoms with Crippen LogP contribution in [0, 0.1) is 11.6 Å². The van der Waals surface area contributed by atoms with E-state index in [1.54, 1.807) is 0 Å². The molecule has 0 fully saturated rings. The maximum absolute atomic E-state index is 13.4. The molecule has 0 radical (unpaired) electrons. The lowest BCUT2D eigenvalue weighted by atomic mass is 9.89. The standard InChI is InChI=1S/C15H22F2N2O2/c1-3-7-15(21,8-4-2)10-14(20)19-18-13-6-5-11(16)9-12(13)17/h5-6,9,18,21H,3-4,7-8,10H2,1-2H3,(H,19,20). The minimum atomic E-state index is -1.05. The summed E-state index contributed by atoms with van der Waals surface area (Å²) in [6.07, 6.45) is 2.52. The molecule has 0 bridgehead atoms. The zero-order valence-corrected chi connectivity index (χ0v) is 12.4. The maximum Gasteiger partial charge on any atom is 0.241 e. The third-order valence-corrected chi connectivity index (χ3v) is 3.19. The SMILES string of the molecule is CCCC(O)(CCC)CC(=O)NNc1ccc(F)cc1F. The summed E-state index contributed by atoms with van der Waals surface area (Å²) >= 11 is 0. The van der Waals surface area contributed by atoms with Crippen LogP contribution in [-0.4, -0.2) is 16.6 Å². The minimum absolute atomic E-state index is 0.0285. The van der Waals surface area contributed by atoms with E-state index in [-0.39, 0.29) is 12.1 Å². The van der Waals surface area contributed by atoms with E-state index in [1.807, 2.05) is 13.8 Å². The third-order valence-electron chi connectivity index (χ3n) is 3.19. The molecule has 0 aliphatic heterocycles. The van der Waals surface area contributed by atoms with E-state index in [1.165, 1.54) is 6.07 Å². The Morgan fingerprint density at radius 2 is 1.86 bits per heavy atom. The number of benzene rings is 1. The molecule has 1 aromatic carbocycles. The molecule has 1 aromatic rings. The topological polar surface area (TPSA) is 61.4 Å². The fourth-order valence-electron chi connectivity index (χ4n) is 2.30. The molecule has 1 rings (SSSR count). The molecule has 118 valence electrons. The Bertz CT molecular complexity index is 475. The van der Waals surface area contributed by atoms with Crippen LogP contribution in [0.5, 0.6) is 0 Å². The quantitative estimate of drug-likeness (QED) is 0.646. The molecule has 0 aliphatic carbocycles. The van der Waals surface area contributed by atoms with Crippen LogP contribution in [0.15, 0.2) is 18.2 Å². The molecule has 3 N–H and O–H groups in total. The number of anilines is 1. The van der Waals surface area contributed by atoms with E-state index >= 15 is 0 Å². The first-order chi connectivity index (χ1) is 9.90. The molecule has 0 unspecified atom stereocenters. The van der Waals surface area contributed by atoms with Gasteiger partial charge in [-0.2, -0.15) is 0 Å². The van der Waals surface area contributed by atoms with Crippen LogP contribution in [0.4, 0.5) is 14.5 Å². The number of hydrogen-bond donors (Lipinski definition) is 3. The van der Waals surface area contributed by atoms with E-state index in [0.717, 1.165) is 25.0 Å². The van der Waals surface area contributed by atoms with Crippen molar-refractivity contribution in [2.24, 2.45) is 0 Å². The largest absolute Gasteiger partial charge is 0.389 e. The number of nitrogens with one attached hydrogen (secondary N) is 2. The number of halogens is 2. The van der Waals surface area contributed by atoms with Crippen molar-refractivity contribution in [1.29, 1.82) is 0 Å². The number of carbonyl (C=O) groups is 1. The molecule has 21 heavy (non-hydrogen) atoms. The smallest absolute Gasteiger partial charge is 0.241 e. The summed E-state index contributed by atoms with van der Waals surface area (Å²) < 4.78 is 26.1. The normalized spacial score (nSPS) is 11.3. The predicted octanol–water partition coefficient (Wildman–Crippen LogP) is 3.13. The Labute approximate surface area is 123 Å².